The number of halogens is 2. The van der Waals surface area contributed by atoms with Gasteiger partial charge in [0.15, 0.2) is 0 Å². The summed E-state index contributed by atoms with van der Waals surface area (Å²) in [6, 6.07) is 10.1. The number of esters is 1. The summed E-state index contributed by atoms with van der Waals surface area (Å²) in [7, 11) is -2.48. The Morgan fingerprint density at radius 2 is 1.88 bits per heavy atom. The fraction of sp³-hybridized carbons (Fsp3) is 0.348. The minimum Gasteiger partial charge on any atom is -0.469 e. The number of carbonyl (C=O) groups excluding carboxylic acids is 1. The molecular formula is C23H24Cl2N2O4S. The van der Waals surface area contributed by atoms with E-state index in [-0.39, 0.29) is 22.4 Å². The highest BCUT2D eigenvalue weighted by Crippen LogP contribution is 2.35. The number of hydrogen-bond acceptors (Lipinski definition) is 4. The first-order chi connectivity index (χ1) is 15.3. The summed E-state index contributed by atoms with van der Waals surface area (Å²) in [5, 5.41) is 1.45. The van der Waals surface area contributed by atoms with Crippen molar-refractivity contribution in [2.24, 2.45) is 0 Å². The number of fused-ring (bicyclic) bond motifs is 1. The molecule has 4 rings (SSSR count). The molecular weight excluding hydrogens is 471 g/mol. The van der Waals surface area contributed by atoms with Crippen molar-refractivity contribution in [3.63, 3.8) is 0 Å². The van der Waals surface area contributed by atoms with E-state index in [1.165, 1.54) is 7.11 Å². The van der Waals surface area contributed by atoms with Gasteiger partial charge in [-0.15, -0.1) is 0 Å². The lowest BCUT2D eigenvalue weighted by molar-refractivity contribution is -0.139. The normalized spacial score (nSPS) is 15.2. The summed E-state index contributed by atoms with van der Waals surface area (Å²) in [6.07, 6.45) is 4.80. The van der Waals surface area contributed by atoms with Crippen LogP contribution in [0.3, 0.4) is 0 Å². The van der Waals surface area contributed by atoms with Crippen LogP contribution in [0.1, 0.15) is 37.7 Å². The van der Waals surface area contributed by atoms with Crippen LogP contribution < -0.4 is 4.72 Å². The van der Waals surface area contributed by atoms with Crippen LogP contribution in [0.5, 0.6) is 0 Å². The lowest BCUT2D eigenvalue weighted by Crippen LogP contribution is -2.36. The first kappa shape index (κ1) is 23.1. The first-order valence-corrected chi connectivity index (χ1v) is 12.7. The molecule has 0 bridgehead atoms. The van der Waals surface area contributed by atoms with Gasteiger partial charge >= 0.3 is 5.97 Å². The number of aromatic amines is 1. The van der Waals surface area contributed by atoms with Crippen LogP contribution in [0.15, 0.2) is 41.3 Å². The third kappa shape index (κ3) is 4.81. The number of H-pyrrole nitrogens is 1. The van der Waals surface area contributed by atoms with E-state index in [4.69, 9.17) is 27.9 Å². The van der Waals surface area contributed by atoms with Gasteiger partial charge in [0, 0.05) is 22.0 Å². The van der Waals surface area contributed by atoms with Gasteiger partial charge in [0.25, 0.3) is 0 Å². The maximum atomic E-state index is 13.1. The fourth-order valence-corrected chi connectivity index (χ4v) is 6.24. The molecule has 170 valence electrons. The Morgan fingerprint density at radius 1 is 1.12 bits per heavy atom. The van der Waals surface area contributed by atoms with Crippen LogP contribution in [0.2, 0.25) is 10.0 Å². The number of nitrogens with one attached hydrogen (secondary N) is 2. The fourth-order valence-electron chi connectivity index (χ4n) is 4.23. The Morgan fingerprint density at radius 3 is 2.59 bits per heavy atom. The molecule has 0 amide bonds. The zero-order valence-electron chi connectivity index (χ0n) is 17.6. The average Bonchev–Trinajstić information content (AvgIpc) is 3.11. The van der Waals surface area contributed by atoms with Crippen molar-refractivity contribution >= 4 is 50.1 Å². The predicted octanol–water partition coefficient (Wildman–Crippen LogP) is 5.47. The summed E-state index contributed by atoms with van der Waals surface area (Å²) in [5.74, 6) is -0.409. The Bertz CT molecular complexity index is 1260. The summed E-state index contributed by atoms with van der Waals surface area (Å²) < 4.78 is 33.9. The highest BCUT2D eigenvalue weighted by molar-refractivity contribution is 7.89. The maximum absolute atomic E-state index is 13.1. The van der Waals surface area contributed by atoms with Gasteiger partial charge in [-0.05, 0) is 54.3 Å². The van der Waals surface area contributed by atoms with Crippen molar-refractivity contribution in [1.29, 1.82) is 0 Å². The van der Waals surface area contributed by atoms with E-state index in [9.17, 15) is 13.2 Å². The minimum atomic E-state index is -3.81. The standard InChI is InChI=1S/C23H24Cl2N2O4S/c1-31-22(28)13-18-17-12-15(24)8-10-20(17)26-23(18)14-7-9-19(25)21(11-14)32(29,30)27-16-5-3-2-4-6-16/h7-12,16,26-27H,2-6,13H2,1H3. The van der Waals surface area contributed by atoms with Gasteiger partial charge in [-0.1, -0.05) is 48.5 Å². The molecule has 0 saturated heterocycles. The molecule has 0 atom stereocenters. The molecule has 0 unspecified atom stereocenters. The van der Waals surface area contributed by atoms with E-state index in [1.807, 2.05) is 6.07 Å². The molecule has 1 aliphatic rings. The molecule has 9 heteroatoms. The molecule has 1 saturated carbocycles. The molecule has 3 aromatic rings. The molecule has 6 nitrogen and oxygen atoms in total. The Kier molecular flexibility index (Phi) is 6.81. The number of carbonyl (C=O) groups is 1. The predicted molar refractivity (Wildman–Crippen MR) is 127 cm³/mol. The van der Waals surface area contributed by atoms with E-state index < -0.39 is 16.0 Å². The smallest absolute Gasteiger partial charge is 0.310 e. The second kappa shape index (κ2) is 9.43. The summed E-state index contributed by atoms with van der Waals surface area (Å²) >= 11 is 12.5. The van der Waals surface area contributed by atoms with Gasteiger partial charge in [-0.3, -0.25) is 4.79 Å². The van der Waals surface area contributed by atoms with Gasteiger partial charge in [0.05, 0.1) is 24.2 Å². The number of methoxy groups -OCH3 is 1. The third-order valence-electron chi connectivity index (χ3n) is 5.85. The zero-order chi connectivity index (χ0) is 22.9. The lowest BCUT2D eigenvalue weighted by Gasteiger charge is -2.23. The number of ether oxygens (including phenoxy) is 1. The molecule has 2 N–H and O–H groups in total. The molecule has 0 aliphatic heterocycles. The number of aromatic nitrogens is 1. The molecule has 1 aromatic heterocycles. The van der Waals surface area contributed by atoms with E-state index in [1.54, 1.807) is 30.3 Å². The lowest BCUT2D eigenvalue weighted by atomic mass is 9.96. The van der Waals surface area contributed by atoms with Crippen LogP contribution >= 0.6 is 23.2 Å². The summed E-state index contributed by atoms with van der Waals surface area (Å²) in [6.45, 7) is 0. The van der Waals surface area contributed by atoms with E-state index >= 15 is 0 Å². The topological polar surface area (TPSA) is 88.3 Å². The average molecular weight is 495 g/mol. The largest absolute Gasteiger partial charge is 0.469 e. The second-order valence-corrected chi connectivity index (χ2v) is 10.5. The molecule has 0 radical (unpaired) electrons. The Labute approximate surface area is 197 Å². The SMILES string of the molecule is COC(=O)Cc1c(-c2ccc(Cl)c(S(=O)(=O)NC3CCCCC3)c2)[nH]c2ccc(Cl)cc12. The minimum absolute atomic E-state index is 0.0111. The zero-order valence-corrected chi connectivity index (χ0v) is 19.9. The van der Waals surface area contributed by atoms with Gasteiger partial charge < -0.3 is 9.72 Å². The molecule has 1 aliphatic carbocycles. The molecule has 1 fully saturated rings. The van der Waals surface area contributed by atoms with Crippen LogP contribution in [0.4, 0.5) is 0 Å². The number of benzene rings is 2. The van der Waals surface area contributed by atoms with Crippen molar-refractivity contribution in [3.05, 3.63) is 52.0 Å². The molecule has 0 spiro atoms. The van der Waals surface area contributed by atoms with Gasteiger partial charge in [-0.2, -0.15) is 0 Å². The highest BCUT2D eigenvalue weighted by atomic mass is 35.5. The summed E-state index contributed by atoms with van der Waals surface area (Å²) in [4.78, 5) is 15.4. The first-order valence-electron chi connectivity index (χ1n) is 10.5. The maximum Gasteiger partial charge on any atom is 0.310 e. The van der Waals surface area contributed by atoms with Crippen molar-refractivity contribution < 1.29 is 17.9 Å². The molecule has 32 heavy (non-hydrogen) atoms. The molecule has 2 aromatic carbocycles. The number of sulfonamides is 1. The Balaban J connectivity index is 1.79. The van der Waals surface area contributed by atoms with Gasteiger partial charge in [-0.25, -0.2) is 13.1 Å². The number of hydrogen-bond donors (Lipinski definition) is 2. The Hall–Kier alpha value is -2.06. The van der Waals surface area contributed by atoms with Gasteiger partial charge in [0.1, 0.15) is 4.90 Å². The van der Waals surface area contributed by atoms with Crippen molar-refractivity contribution in [2.45, 2.75) is 49.5 Å². The van der Waals surface area contributed by atoms with E-state index in [0.29, 0.717) is 21.8 Å². The second-order valence-electron chi connectivity index (χ2n) is 8.02. The van der Waals surface area contributed by atoms with Crippen LogP contribution in [0.25, 0.3) is 22.2 Å². The van der Waals surface area contributed by atoms with E-state index in [0.717, 1.165) is 43.0 Å². The van der Waals surface area contributed by atoms with Crippen molar-refractivity contribution in [3.8, 4) is 11.3 Å². The quantitative estimate of drug-likeness (QED) is 0.444. The van der Waals surface area contributed by atoms with Crippen LogP contribution in [0, 0.1) is 0 Å². The molecule has 1 heterocycles. The third-order valence-corrected chi connectivity index (χ3v) is 8.09. The van der Waals surface area contributed by atoms with Crippen molar-refractivity contribution in [2.75, 3.05) is 7.11 Å². The van der Waals surface area contributed by atoms with Crippen molar-refractivity contribution in [1.82, 2.24) is 9.71 Å². The van der Waals surface area contributed by atoms with Crippen LogP contribution in [-0.4, -0.2) is 32.5 Å². The van der Waals surface area contributed by atoms with E-state index in [2.05, 4.69) is 9.71 Å². The summed E-state index contributed by atoms with van der Waals surface area (Å²) in [5.41, 5.74) is 2.69. The van der Waals surface area contributed by atoms with Crippen LogP contribution in [-0.2, 0) is 26.0 Å². The monoisotopic (exact) mass is 494 g/mol. The highest BCUT2D eigenvalue weighted by Gasteiger charge is 2.25. The number of rotatable bonds is 6. The van der Waals surface area contributed by atoms with Gasteiger partial charge in [0.2, 0.25) is 10.0 Å².